The molecule has 2 aromatic carbocycles. The number of amides is 1. The first-order chi connectivity index (χ1) is 16.0. The third kappa shape index (κ3) is 3.83. The minimum Gasteiger partial charge on any atom is -0.312 e. The summed E-state index contributed by atoms with van der Waals surface area (Å²) in [6.07, 6.45) is 1.77. The minimum atomic E-state index is -0.255. The van der Waals surface area contributed by atoms with Gasteiger partial charge in [-0.3, -0.25) is 14.2 Å². The molecule has 1 atom stereocenters. The number of para-hydroxylation sites is 1. The predicted octanol–water partition coefficient (Wildman–Crippen LogP) is 4.63. The standard InChI is InChI=1S/C24H22ClN5O2S/c1-3-28(20-10-5-4-7-15(20)2)21(31)12-18-14-33-24-27-22-19(23(32)29(18)24)13-26-30(22)17-9-6-8-16(25)11-17/h4-11,13,18H,3,12,14H2,1-2H3. The second-order valence-electron chi connectivity index (χ2n) is 7.94. The maximum absolute atomic E-state index is 13.4. The molecule has 1 aliphatic rings. The molecule has 0 aliphatic carbocycles. The lowest BCUT2D eigenvalue weighted by Gasteiger charge is -2.24. The highest BCUT2D eigenvalue weighted by Crippen LogP contribution is 2.34. The number of rotatable bonds is 5. The van der Waals surface area contributed by atoms with Crippen LogP contribution in [0.4, 0.5) is 5.69 Å². The molecular formula is C24H22ClN5O2S. The second kappa shape index (κ2) is 8.68. The molecule has 0 radical (unpaired) electrons. The van der Waals surface area contributed by atoms with E-state index in [4.69, 9.17) is 16.6 Å². The number of aromatic nitrogens is 4. The smallest absolute Gasteiger partial charge is 0.265 e. The number of anilines is 1. The third-order valence-corrected chi connectivity index (χ3v) is 7.19. The number of hydrogen-bond acceptors (Lipinski definition) is 5. The molecule has 0 saturated carbocycles. The van der Waals surface area contributed by atoms with Crippen molar-refractivity contribution in [2.45, 2.75) is 31.5 Å². The summed E-state index contributed by atoms with van der Waals surface area (Å²) < 4.78 is 3.28. The van der Waals surface area contributed by atoms with Gasteiger partial charge in [0.1, 0.15) is 5.39 Å². The number of hydrogen-bond donors (Lipinski definition) is 0. The van der Waals surface area contributed by atoms with Gasteiger partial charge in [0.15, 0.2) is 10.8 Å². The molecular weight excluding hydrogens is 458 g/mol. The number of aryl methyl sites for hydroxylation is 1. The van der Waals surface area contributed by atoms with Crippen molar-refractivity contribution in [3.8, 4) is 5.69 Å². The molecule has 5 rings (SSSR count). The maximum atomic E-state index is 13.4. The Morgan fingerprint density at radius 2 is 2.06 bits per heavy atom. The lowest BCUT2D eigenvalue weighted by molar-refractivity contribution is -0.119. The SMILES string of the molecule is CCN(C(=O)CC1CSc2nc3c(cnn3-c3cccc(Cl)c3)c(=O)n21)c1ccccc1C. The number of thioether (sulfide) groups is 1. The highest BCUT2D eigenvalue weighted by atomic mass is 35.5. The van der Waals surface area contributed by atoms with Crippen LogP contribution in [0.15, 0.2) is 64.7 Å². The van der Waals surface area contributed by atoms with Crippen molar-refractivity contribution in [3.05, 3.63) is 75.7 Å². The van der Waals surface area contributed by atoms with E-state index in [9.17, 15) is 9.59 Å². The molecule has 0 bridgehead atoms. The topological polar surface area (TPSA) is 73.0 Å². The fraction of sp³-hybridized carbons (Fsp3) is 0.250. The van der Waals surface area contributed by atoms with Crippen LogP contribution in [0.1, 0.15) is 24.9 Å². The Morgan fingerprint density at radius 3 is 2.82 bits per heavy atom. The van der Waals surface area contributed by atoms with Crippen LogP contribution >= 0.6 is 23.4 Å². The quantitative estimate of drug-likeness (QED) is 0.390. The number of carbonyl (C=O) groups excluding carboxylic acids is 1. The molecule has 0 fully saturated rings. The number of fused-ring (bicyclic) bond motifs is 2. The van der Waals surface area contributed by atoms with E-state index in [0.29, 0.717) is 33.5 Å². The molecule has 7 nitrogen and oxygen atoms in total. The largest absolute Gasteiger partial charge is 0.312 e. The minimum absolute atomic E-state index is 0.00753. The van der Waals surface area contributed by atoms with Crippen molar-refractivity contribution in [2.75, 3.05) is 17.2 Å². The van der Waals surface area contributed by atoms with Crippen LogP contribution < -0.4 is 10.5 Å². The zero-order chi connectivity index (χ0) is 23.1. The van der Waals surface area contributed by atoms with Gasteiger partial charge in [-0.05, 0) is 43.7 Å². The van der Waals surface area contributed by atoms with Crippen LogP contribution in [0.5, 0.6) is 0 Å². The van der Waals surface area contributed by atoms with Crippen molar-refractivity contribution in [1.82, 2.24) is 19.3 Å². The molecule has 4 aromatic rings. The summed E-state index contributed by atoms with van der Waals surface area (Å²) in [5.74, 6) is 0.614. The van der Waals surface area contributed by atoms with E-state index in [1.54, 1.807) is 26.3 Å². The third-order valence-electron chi connectivity index (χ3n) is 5.86. The average molecular weight is 480 g/mol. The first kappa shape index (κ1) is 21.7. The van der Waals surface area contributed by atoms with E-state index in [-0.39, 0.29) is 23.9 Å². The molecule has 3 heterocycles. The van der Waals surface area contributed by atoms with E-state index in [2.05, 4.69) is 5.10 Å². The highest BCUT2D eigenvalue weighted by molar-refractivity contribution is 7.99. The Morgan fingerprint density at radius 1 is 1.24 bits per heavy atom. The van der Waals surface area contributed by atoms with Gasteiger partial charge in [0.25, 0.3) is 5.56 Å². The Balaban J connectivity index is 1.49. The fourth-order valence-electron chi connectivity index (χ4n) is 4.24. The van der Waals surface area contributed by atoms with Crippen molar-refractivity contribution < 1.29 is 4.79 Å². The lowest BCUT2D eigenvalue weighted by atomic mass is 10.1. The van der Waals surface area contributed by atoms with Crippen molar-refractivity contribution in [1.29, 1.82) is 0 Å². The molecule has 2 aromatic heterocycles. The number of benzene rings is 2. The van der Waals surface area contributed by atoms with E-state index < -0.39 is 0 Å². The molecule has 0 spiro atoms. The molecule has 0 N–H and O–H groups in total. The summed E-state index contributed by atoms with van der Waals surface area (Å²) in [6, 6.07) is 14.8. The molecule has 33 heavy (non-hydrogen) atoms. The Hall–Kier alpha value is -3.10. The molecule has 1 unspecified atom stereocenters. The van der Waals surface area contributed by atoms with Crippen molar-refractivity contribution in [3.63, 3.8) is 0 Å². The zero-order valence-corrected chi connectivity index (χ0v) is 19.8. The van der Waals surface area contributed by atoms with Gasteiger partial charge in [0.2, 0.25) is 5.91 Å². The summed E-state index contributed by atoms with van der Waals surface area (Å²) in [4.78, 5) is 33.2. The van der Waals surface area contributed by atoms with Crippen LogP contribution in [0.25, 0.3) is 16.7 Å². The number of nitrogens with zero attached hydrogens (tertiary/aromatic N) is 5. The normalized spacial score (nSPS) is 15.1. The Labute approximate surface area is 200 Å². The molecule has 168 valence electrons. The van der Waals surface area contributed by atoms with Gasteiger partial charge in [-0.25, -0.2) is 9.67 Å². The van der Waals surface area contributed by atoms with Gasteiger partial charge in [-0.1, -0.05) is 47.6 Å². The van der Waals surface area contributed by atoms with Gasteiger partial charge < -0.3 is 4.90 Å². The van der Waals surface area contributed by atoms with Crippen LogP contribution in [-0.4, -0.2) is 37.5 Å². The lowest BCUT2D eigenvalue weighted by Crippen LogP contribution is -2.35. The summed E-state index contributed by atoms with van der Waals surface area (Å²) in [6.45, 7) is 4.52. The van der Waals surface area contributed by atoms with Gasteiger partial charge >= 0.3 is 0 Å². The second-order valence-corrected chi connectivity index (χ2v) is 9.36. The van der Waals surface area contributed by atoms with E-state index in [0.717, 1.165) is 16.9 Å². The van der Waals surface area contributed by atoms with E-state index in [1.807, 2.05) is 50.2 Å². The Kier molecular flexibility index (Phi) is 5.72. The zero-order valence-electron chi connectivity index (χ0n) is 18.2. The van der Waals surface area contributed by atoms with Gasteiger partial charge in [-0.15, -0.1) is 0 Å². The molecule has 9 heteroatoms. The monoisotopic (exact) mass is 479 g/mol. The van der Waals surface area contributed by atoms with Crippen LogP contribution in [0.3, 0.4) is 0 Å². The molecule has 0 saturated heterocycles. The van der Waals surface area contributed by atoms with Crippen molar-refractivity contribution in [2.24, 2.45) is 0 Å². The summed E-state index contributed by atoms with van der Waals surface area (Å²) in [5, 5.41) is 5.99. The first-order valence-corrected chi connectivity index (χ1v) is 12.1. The predicted molar refractivity (Wildman–Crippen MR) is 132 cm³/mol. The van der Waals surface area contributed by atoms with E-state index >= 15 is 0 Å². The van der Waals surface area contributed by atoms with Crippen molar-refractivity contribution >= 4 is 46.0 Å². The number of carbonyl (C=O) groups is 1. The fourth-order valence-corrected chi connectivity index (χ4v) is 5.55. The van der Waals surface area contributed by atoms with Crippen LogP contribution in [0.2, 0.25) is 5.02 Å². The van der Waals surface area contributed by atoms with Gasteiger partial charge in [0.05, 0.1) is 17.9 Å². The first-order valence-electron chi connectivity index (χ1n) is 10.7. The molecule has 1 amide bonds. The van der Waals surface area contributed by atoms with Gasteiger partial charge in [0, 0.05) is 29.4 Å². The van der Waals surface area contributed by atoms with E-state index in [1.165, 1.54) is 18.0 Å². The molecule has 1 aliphatic heterocycles. The van der Waals surface area contributed by atoms with Crippen LogP contribution in [0, 0.1) is 6.92 Å². The summed E-state index contributed by atoms with van der Waals surface area (Å²) in [7, 11) is 0. The highest BCUT2D eigenvalue weighted by Gasteiger charge is 2.31. The number of halogens is 1. The Bertz CT molecular complexity index is 1430. The van der Waals surface area contributed by atoms with Gasteiger partial charge in [-0.2, -0.15) is 5.10 Å². The van der Waals surface area contributed by atoms with Crippen LogP contribution in [-0.2, 0) is 4.79 Å². The summed E-state index contributed by atoms with van der Waals surface area (Å²) in [5.41, 5.74) is 3.00. The summed E-state index contributed by atoms with van der Waals surface area (Å²) >= 11 is 7.62. The average Bonchev–Trinajstić information content (AvgIpc) is 3.40. The maximum Gasteiger partial charge on any atom is 0.265 e.